The fourth-order valence-corrected chi connectivity index (χ4v) is 4.03. The van der Waals surface area contributed by atoms with E-state index in [1.54, 1.807) is 31.4 Å². The van der Waals surface area contributed by atoms with Gasteiger partial charge in [-0.15, -0.1) is 0 Å². The summed E-state index contributed by atoms with van der Waals surface area (Å²) in [7, 11) is 1.59. The Morgan fingerprint density at radius 3 is 2.36 bits per heavy atom. The monoisotopic (exact) mass is 524 g/mol. The van der Waals surface area contributed by atoms with Crippen LogP contribution in [0.3, 0.4) is 0 Å². The molecule has 1 spiro atoms. The van der Waals surface area contributed by atoms with Crippen LogP contribution in [0.2, 0.25) is 5.02 Å². The molecule has 1 unspecified atom stereocenters. The summed E-state index contributed by atoms with van der Waals surface area (Å²) in [6.07, 6.45) is -5.08. The van der Waals surface area contributed by atoms with Gasteiger partial charge in [-0.3, -0.25) is 0 Å². The van der Waals surface area contributed by atoms with E-state index in [4.69, 9.17) is 41.4 Å². The van der Waals surface area contributed by atoms with E-state index in [0.717, 1.165) is 11.1 Å². The second-order valence-electron chi connectivity index (χ2n) is 7.68. The van der Waals surface area contributed by atoms with E-state index in [1.165, 1.54) is 6.07 Å². The number of aliphatic imine (C=N–C) groups is 1. The SMILES string of the molecule is COc1ccc2c(c1)C1(COC(N)=N1)c1cc(-c3cccc(Cl)c3F)ccc1O2.O=C(O)C(F)(F)F. The van der Waals surface area contributed by atoms with Gasteiger partial charge in [-0.1, -0.05) is 29.8 Å². The number of methoxy groups -OCH3 is 1. The first kappa shape index (κ1) is 25.1. The molecule has 3 N–H and O–H groups in total. The molecule has 36 heavy (non-hydrogen) atoms. The number of carboxylic acids is 1. The number of hydrogen-bond acceptors (Lipinski definition) is 6. The molecule has 0 aromatic heterocycles. The van der Waals surface area contributed by atoms with Crippen LogP contribution >= 0.6 is 11.6 Å². The first-order chi connectivity index (χ1) is 17.0. The lowest BCUT2D eigenvalue weighted by Crippen LogP contribution is -2.31. The first-order valence-electron chi connectivity index (χ1n) is 10.2. The fraction of sp³-hybridized carbons (Fsp3) is 0.167. The Morgan fingerprint density at radius 1 is 1.14 bits per heavy atom. The molecule has 0 radical (unpaired) electrons. The quantitative estimate of drug-likeness (QED) is 0.430. The number of nitrogens with zero attached hydrogens (tertiary/aromatic N) is 1. The lowest BCUT2D eigenvalue weighted by molar-refractivity contribution is -0.192. The summed E-state index contributed by atoms with van der Waals surface area (Å²) in [5, 5.41) is 7.19. The molecule has 2 aliphatic rings. The van der Waals surface area contributed by atoms with Gasteiger partial charge in [-0.05, 0) is 42.0 Å². The lowest BCUT2D eigenvalue weighted by atomic mass is 9.80. The Morgan fingerprint density at radius 2 is 1.78 bits per heavy atom. The predicted octanol–water partition coefficient (Wildman–Crippen LogP) is 5.48. The fourth-order valence-electron chi connectivity index (χ4n) is 3.86. The van der Waals surface area contributed by atoms with Gasteiger partial charge < -0.3 is 25.1 Å². The number of ether oxygens (including phenoxy) is 3. The van der Waals surface area contributed by atoms with Crippen molar-refractivity contribution in [3.63, 3.8) is 0 Å². The maximum Gasteiger partial charge on any atom is 0.490 e. The molecule has 0 amide bonds. The minimum Gasteiger partial charge on any atom is -0.497 e. The Bertz CT molecular complexity index is 1380. The molecule has 7 nitrogen and oxygen atoms in total. The van der Waals surface area contributed by atoms with Gasteiger partial charge >= 0.3 is 12.1 Å². The van der Waals surface area contributed by atoms with Crippen LogP contribution in [0.1, 0.15) is 11.1 Å². The molecular formula is C24H17ClF4N2O5. The third-order valence-electron chi connectivity index (χ3n) is 5.51. The average molecular weight is 525 g/mol. The smallest absolute Gasteiger partial charge is 0.490 e. The van der Waals surface area contributed by atoms with E-state index < -0.39 is 23.5 Å². The molecule has 3 aromatic carbocycles. The maximum atomic E-state index is 14.6. The molecule has 5 rings (SSSR count). The van der Waals surface area contributed by atoms with Gasteiger partial charge in [0.15, 0.2) is 5.54 Å². The summed E-state index contributed by atoms with van der Waals surface area (Å²) < 4.78 is 63.4. The molecule has 0 saturated carbocycles. The van der Waals surface area contributed by atoms with Crippen LogP contribution < -0.4 is 15.2 Å². The van der Waals surface area contributed by atoms with E-state index in [-0.39, 0.29) is 17.7 Å². The van der Waals surface area contributed by atoms with Crippen molar-refractivity contribution in [2.75, 3.05) is 13.7 Å². The van der Waals surface area contributed by atoms with Crippen molar-refractivity contribution in [2.45, 2.75) is 11.7 Å². The normalized spacial score (nSPS) is 17.6. The van der Waals surface area contributed by atoms with Gasteiger partial charge in [0.05, 0.1) is 12.1 Å². The molecule has 0 aliphatic carbocycles. The van der Waals surface area contributed by atoms with E-state index in [2.05, 4.69) is 4.99 Å². The highest BCUT2D eigenvalue weighted by molar-refractivity contribution is 6.31. The van der Waals surface area contributed by atoms with Crippen LogP contribution in [0.5, 0.6) is 17.2 Å². The molecule has 1 atom stereocenters. The minimum absolute atomic E-state index is 0.0627. The highest BCUT2D eigenvalue weighted by Gasteiger charge is 2.47. The molecular weight excluding hydrogens is 508 g/mol. The number of fused-ring (bicyclic) bond motifs is 4. The van der Waals surface area contributed by atoms with Gasteiger partial charge in [-0.25, -0.2) is 14.2 Å². The first-order valence-corrected chi connectivity index (χ1v) is 10.6. The Labute approximate surface area is 206 Å². The van der Waals surface area contributed by atoms with Crippen molar-refractivity contribution < 1.29 is 41.7 Å². The van der Waals surface area contributed by atoms with Crippen LogP contribution in [-0.2, 0) is 15.1 Å². The zero-order chi connectivity index (χ0) is 26.3. The van der Waals surface area contributed by atoms with Crippen molar-refractivity contribution in [3.05, 3.63) is 76.6 Å². The largest absolute Gasteiger partial charge is 0.497 e. The van der Waals surface area contributed by atoms with Crippen LogP contribution in [0, 0.1) is 5.82 Å². The maximum absolute atomic E-state index is 14.6. The second-order valence-corrected chi connectivity index (χ2v) is 8.09. The summed E-state index contributed by atoms with van der Waals surface area (Å²) in [4.78, 5) is 13.5. The van der Waals surface area contributed by atoms with E-state index >= 15 is 0 Å². The molecule has 12 heteroatoms. The number of aliphatic carboxylic acids is 1. The van der Waals surface area contributed by atoms with Crippen molar-refractivity contribution in [1.29, 1.82) is 0 Å². The molecule has 3 aromatic rings. The summed E-state index contributed by atoms with van der Waals surface area (Å²) in [6, 6.07) is 15.9. The van der Waals surface area contributed by atoms with E-state index in [1.807, 2.05) is 24.3 Å². The molecule has 0 saturated heterocycles. The minimum atomic E-state index is -5.08. The van der Waals surface area contributed by atoms with Gasteiger partial charge in [0.1, 0.15) is 29.7 Å². The Balaban J connectivity index is 0.000000384. The van der Waals surface area contributed by atoms with Crippen LogP contribution in [0.25, 0.3) is 11.1 Å². The molecule has 0 fully saturated rings. The van der Waals surface area contributed by atoms with Crippen LogP contribution in [0.15, 0.2) is 59.6 Å². The summed E-state index contributed by atoms with van der Waals surface area (Å²) in [6.45, 7) is 0.205. The number of hydrogen-bond donors (Lipinski definition) is 2. The Hall–Kier alpha value is -3.99. The number of alkyl halides is 3. The number of carboxylic acid groups (broad SMARTS) is 1. The third-order valence-corrected chi connectivity index (χ3v) is 5.80. The summed E-state index contributed by atoms with van der Waals surface area (Å²) in [5.74, 6) is -1.33. The van der Waals surface area contributed by atoms with Crippen molar-refractivity contribution in [1.82, 2.24) is 0 Å². The van der Waals surface area contributed by atoms with Crippen molar-refractivity contribution >= 4 is 23.6 Å². The van der Waals surface area contributed by atoms with Crippen molar-refractivity contribution in [3.8, 4) is 28.4 Å². The average Bonchev–Trinajstić information content (AvgIpc) is 3.23. The zero-order valence-electron chi connectivity index (χ0n) is 18.4. The van der Waals surface area contributed by atoms with Crippen molar-refractivity contribution in [2.24, 2.45) is 10.7 Å². The number of carbonyl (C=O) groups is 1. The third kappa shape index (κ3) is 4.49. The number of halogens is 5. The van der Waals surface area contributed by atoms with Gasteiger partial charge in [0, 0.05) is 16.7 Å². The summed E-state index contributed by atoms with van der Waals surface area (Å²) >= 11 is 5.98. The van der Waals surface area contributed by atoms with Gasteiger partial charge in [0.25, 0.3) is 6.02 Å². The van der Waals surface area contributed by atoms with E-state index in [0.29, 0.717) is 28.4 Å². The standard InChI is InChI=1S/C22H16ClFN2O3.C2HF3O2/c1-27-13-6-8-19-16(10-13)22(11-28-21(25)26-22)15-9-12(5-7-18(15)29-19)14-3-2-4-17(23)20(14)24;3-2(4,5)1(6)7/h2-10H,11H2,1H3,(H2,25,26);(H,6,7). The molecule has 188 valence electrons. The highest BCUT2D eigenvalue weighted by Crippen LogP contribution is 2.52. The molecule has 2 heterocycles. The topological polar surface area (TPSA) is 103 Å². The summed E-state index contributed by atoms with van der Waals surface area (Å²) in [5.41, 5.74) is 7.53. The molecule has 2 aliphatic heterocycles. The number of benzene rings is 3. The van der Waals surface area contributed by atoms with Crippen LogP contribution in [-0.4, -0.2) is 37.0 Å². The second kappa shape index (κ2) is 9.23. The molecule has 0 bridgehead atoms. The Kier molecular flexibility index (Phi) is 6.44. The lowest BCUT2D eigenvalue weighted by Gasteiger charge is -2.34. The number of nitrogens with two attached hydrogens (primary N) is 1. The number of amidine groups is 1. The van der Waals surface area contributed by atoms with Gasteiger partial charge in [0.2, 0.25) is 0 Å². The highest BCUT2D eigenvalue weighted by atomic mass is 35.5. The number of rotatable bonds is 2. The zero-order valence-corrected chi connectivity index (χ0v) is 19.2. The van der Waals surface area contributed by atoms with E-state index in [9.17, 15) is 17.6 Å². The predicted molar refractivity (Wildman–Crippen MR) is 122 cm³/mol. The van der Waals surface area contributed by atoms with Gasteiger partial charge in [-0.2, -0.15) is 13.2 Å². The van der Waals surface area contributed by atoms with Crippen LogP contribution in [0.4, 0.5) is 17.6 Å².